The van der Waals surface area contributed by atoms with Gasteiger partial charge in [0.05, 0.1) is 5.69 Å². The maximum atomic E-state index is 11.5. The molecule has 0 fully saturated rings. The van der Waals surface area contributed by atoms with E-state index in [1.165, 1.54) is 0 Å². The van der Waals surface area contributed by atoms with Gasteiger partial charge in [0.25, 0.3) is 0 Å². The van der Waals surface area contributed by atoms with Gasteiger partial charge in [0.2, 0.25) is 0 Å². The summed E-state index contributed by atoms with van der Waals surface area (Å²) in [5, 5.41) is 3.31. The maximum Gasteiger partial charge on any atom is 0.345 e. The van der Waals surface area contributed by atoms with Gasteiger partial charge >= 0.3 is 5.69 Å². The van der Waals surface area contributed by atoms with E-state index in [-0.39, 0.29) is 5.69 Å². The van der Waals surface area contributed by atoms with E-state index in [2.05, 4.69) is 15.3 Å². The van der Waals surface area contributed by atoms with Gasteiger partial charge in [-0.15, -0.1) is 0 Å². The average Bonchev–Trinajstić information content (AvgIpc) is 2.39. The lowest BCUT2D eigenvalue weighted by Gasteiger charge is -2.18. The number of nitrogens with zero attached hydrogens (tertiary/aromatic N) is 1. The molecule has 0 unspecified atom stereocenters. The van der Waals surface area contributed by atoms with Crippen LogP contribution < -0.4 is 11.0 Å². The van der Waals surface area contributed by atoms with E-state index in [9.17, 15) is 4.79 Å². The Balaban J connectivity index is 2.22. The molecule has 1 aliphatic heterocycles. The van der Waals surface area contributed by atoms with E-state index in [0.717, 1.165) is 42.0 Å². The molecule has 1 aliphatic rings. The van der Waals surface area contributed by atoms with E-state index >= 15 is 0 Å². The summed E-state index contributed by atoms with van der Waals surface area (Å²) in [7, 11) is 0. The smallest absolute Gasteiger partial charge is 0.312 e. The number of aromatic nitrogens is 2. The van der Waals surface area contributed by atoms with Crippen molar-refractivity contribution in [3.05, 3.63) is 52.1 Å². The van der Waals surface area contributed by atoms with Crippen LogP contribution >= 0.6 is 0 Å². The molecule has 0 atom stereocenters. The highest BCUT2D eigenvalue weighted by Crippen LogP contribution is 2.23. The number of nitrogens with one attached hydrogen (secondary N) is 2. The second-order valence-corrected chi connectivity index (χ2v) is 4.14. The van der Waals surface area contributed by atoms with Gasteiger partial charge < -0.3 is 10.3 Å². The summed E-state index contributed by atoms with van der Waals surface area (Å²) >= 11 is 0. The van der Waals surface area contributed by atoms with Crippen LogP contribution in [0.25, 0.3) is 11.3 Å². The minimum atomic E-state index is -0.260. The fourth-order valence-corrected chi connectivity index (χ4v) is 2.21. The minimum Gasteiger partial charge on any atom is -0.312 e. The molecule has 2 heterocycles. The first-order valence-electron chi connectivity index (χ1n) is 5.73. The van der Waals surface area contributed by atoms with Crippen molar-refractivity contribution in [2.75, 3.05) is 6.54 Å². The predicted molar refractivity (Wildman–Crippen MR) is 65.7 cm³/mol. The van der Waals surface area contributed by atoms with Gasteiger partial charge in [-0.2, -0.15) is 4.98 Å². The van der Waals surface area contributed by atoms with Crippen LogP contribution in [-0.2, 0) is 13.0 Å². The fraction of sp³-hybridized carbons (Fsp3) is 0.231. The molecule has 0 amide bonds. The largest absolute Gasteiger partial charge is 0.345 e. The van der Waals surface area contributed by atoms with Crippen molar-refractivity contribution in [1.29, 1.82) is 0 Å². The zero-order chi connectivity index (χ0) is 11.7. The lowest BCUT2D eigenvalue weighted by atomic mass is 10.0. The van der Waals surface area contributed by atoms with Crippen molar-refractivity contribution in [3.63, 3.8) is 0 Å². The average molecular weight is 227 g/mol. The molecule has 2 aromatic rings. The quantitative estimate of drug-likeness (QED) is 0.766. The van der Waals surface area contributed by atoms with Crippen molar-refractivity contribution in [2.45, 2.75) is 13.0 Å². The molecule has 0 aliphatic carbocycles. The third-order valence-electron chi connectivity index (χ3n) is 3.02. The molecule has 0 saturated heterocycles. The van der Waals surface area contributed by atoms with Crippen LogP contribution in [0.1, 0.15) is 11.3 Å². The molecule has 1 aromatic carbocycles. The molecule has 3 rings (SSSR count). The fourth-order valence-electron chi connectivity index (χ4n) is 2.21. The Labute approximate surface area is 98.7 Å². The van der Waals surface area contributed by atoms with Crippen LogP contribution in [-0.4, -0.2) is 16.5 Å². The van der Waals surface area contributed by atoms with Crippen LogP contribution in [0.4, 0.5) is 0 Å². The first kappa shape index (κ1) is 10.2. The molecule has 4 heteroatoms. The van der Waals surface area contributed by atoms with Gasteiger partial charge in [-0.25, -0.2) is 4.79 Å². The summed E-state index contributed by atoms with van der Waals surface area (Å²) in [6, 6.07) is 9.84. The Hall–Kier alpha value is -1.94. The number of rotatable bonds is 1. The highest BCUT2D eigenvalue weighted by molar-refractivity contribution is 5.63. The summed E-state index contributed by atoms with van der Waals surface area (Å²) in [6.07, 6.45) is 0.854. The maximum absolute atomic E-state index is 11.5. The monoisotopic (exact) mass is 227 g/mol. The Morgan fingerprint density at radius 3 is 2.82 bits per heavy atom. The summed E-state index contributed by atoms with van der Waals surface area (Å²) in [6.45, 7) is 1.67. The molecule has 0 spiro atoms. The summed E-state index contributed by atoms with van der Waals surface area (Å²) < 4.78 is 0. The third kappa shape index (κ3) is 1.87. The number of H-pyrrole nitrogens is 1. The van der Waals surface area contributed by atoms with Crippen molar-refractivity contribution in [2.24, 2.45) is 0 Å². The molecule has 86 valence electrons. The van der Waals surface area contributed by atoms with Crippen molar-refractivity contribution >= 4 is 0 Å². The Bertz CT molecular complexity index is 589. The standard InChI is InChI=1S/C13H13N3O/c17-13-15-11-6-7-14-8-10(11)12(16-13)9-4-2-1-3-5-9/h1-5,14H,6-8H2,(H,15,16,17). The van der Waals surface area contributed by atoms with Crippen LogP contribution in [0.15, 0.2) is 35.1 Å². The Morgan fingerprint density at radius 2 is 2.00 bits per heavy atom. The normalized spacial score (nSPS) is 14.4. The van der Waals surface area contributed by atoms with Gasteiger partial charge in [0.1, 0.15) is 0 Å². The lowest BCUT2D eigenvalue weighted by Crippen LogP contribution is -2.29. The summed E-state index contributed by atoms with van der Waals surface area (Å²) in [4.78, 5) is 18.5. The van der Waals surface area contributed by atoms with Crippen LogP contribution in [0.2, 0.25) is 0 Å². The first-order valence-corrected chi connectivity index (χ1v) is 5.73. The van der Waals surface area contributed by atoms with Gasteiger partial charge in [0, 0.05) is 36.3 Å². The second kappa shape index (κ2) is 4.14. The molecular formula is C13H13N3O. The minimum absolute atomic E-state index is 0.260. The molecule has 0 radical (unpaired) electrons. The van der Waals surface area contributed by atoms with Gasteiger partial charge in [-0.1, -0.05) is 30.3 Å². The van der Waals surface area contributed by atoms with E-state index in [4.69, 9.17) is 0 Å². The number of aromatic amines is 1. The SMILES string of the molecule is O=c1nc(-c2ccccc2)c2c([nH]1)CCNC2. The Kier molecular flexibility index (Phi) is 2.49. The predicted octanol–water partition coefficient (Wildman–Crippen LogP) is 1.08. The molecule has 2 N–H and O–H groups in total. The topological polar surface area (TPSA) is 57.8 Å². The third-order valence-corrected chi connectivity index (χ3v) is 3.02. The zero-order valence-electron chi connectivity index (χ0n) is 9.36. The first-order chi connectivity index (χ1) is 8.34. The van der Waals surface area contributed by atoms with Gasteiger partial charge in [0.15, 0.2) is 0 Å². The van der Waals surface area contributed by atoms with Crippen molar-refractivity contribution in [3.8, 4) is 11.3 Å². The number of benzene rings is 1. The van der Waals surface area contributed by atoms with E-state index in [1.807, 2.05) is 30.3 Å². The molecule has 4 nitrogen and oxygen atoms in total. The highest BCUT2D eigenvalue weighted by atomic mass is 16.1. The molecule has 0 saturated carbocycles. The number of hydrogen-bond donors (Lipinski definition) is 2. The van der Waals surface area contributed by atoms with Crippen molar-refractivity contribution < 1.29 is 0 Å². The van der Waals surface area contributed by atoms with Crippen LogP contribution in [0.3, 0.4) is 0 Å². The molecule has 0 bridgehead atoms. The van der Waals surface area contributed by atoms with Gasteiger partial charge in [-0.05, 0) is 0 Å². The van der Waals surface area contributed by atoms with E-state index in [1.54, 1.807) is 0 Å². The molecule has 17 heavy (non-hydrogen) atoms. The highest BCUT2D eigenvalue weighted by Gasteiger charge is 2.16. The van der Waals surface area contributed by atoms with Crippen LogP contribution in [0, 0.1) is 0 Å². The second-order valence-electron chi connectivity index (χ2n) is 4.14. The Morgan fingerprint density at radius 1 is 1.18 bits per heavy atom. The molecular weight excluding hydrogens is 214 g/mol. The summed E-state index contributed by atoms with van der Waals surface area (Å²) in [5.74, 6) is 0. The summed E-state index contributed by atoms with van der Waals surface area (Å²) in [5.41, 5.74) is 3.67. The zero-order valence-corrected chi connectivity index (χ0v) is 9.36. The number of fused-ring (bicyclic) bond motifs is 1. The van der Waals surface area contributed by atoms with E-state index < -0.39 is 0 Å². The number of hydrogen-bond acceptors (Lipinski definition) is 3. The van der Waals surface area contributed by atoms with E-state index in [0.29, 0.717) is 0 Å². The molecule has 1 aromatic heterocycles. The lowest BCUT2D eigenvalue weighted by molar-refractivity contribution is 0.624. The van der Waals surface area contributed by atoms with Crippen LogP contribution in [0.5, 0.6) is 0 Å². The van der Waals surface area contributed by atoms with Crippen molar-refractivity contribution in [1.82, 2.24) is 15.3 Å². The van der Waals surface area contributed by atoms with Gasteiger partial charge in [-0.3, -0.25) is 0 Å².